The summed E-state index contributed by atoms with van der Waals surface area (Å²) in [6.07, 6.45) is 0.310. The van der Waals surface area contributed by atoms with Crippen LogP contribution < -0.4 is 14.4 Å². The van der Waals surface area contributed by atoms with E-state index in [9.17, 15) is 4.79 Å². The van der Waals surface area contributed by atoms with Crippen molar-refractivity contribution in [2.45, 2.75) is 6.42 Å². The van der Waals surface area contributed by atoms with Crippen molar-refractivity contribution < 1.29 is 14.3 Å². The van der Waals surface area contributed by atoms with Crippen molar-refractivity contribution in [1.82, 2.24) is 9.88 Å². The van der Waals surface area contributed by atoms with Crippen molar-refractivity contribution in [3.05, 3.63) is 58.6 Å². The number of aromatic nitrogens is 1. The number of hydrogen-bond acceptors (Lipinski definition) is 6. The molecule has 2 heterocycles. The van der Waals surface area contributed by atoms with Gasteiger partial charge in [-0.15, -0.1) is 11.3 Å². The van der Waals surface area contributed by atoms with E-state index in [0.29, 0.717) is 31.0 Å². The number of methoxy groups -OCH3 is 2. The quantitative estimate of drug-likeness (QED) is 0.550. The summed E-state index contributed by atoms with van der Waals surface area (Å²) >= 11 is 7.50. The van der Waals surface area contributed by atoms with E-state index in [0.717, 1.165) is 40.1 Å². The molecule has 0 saturated carbocycles. The molecule has 2 aromatic carbocycles. The van der Waals surface area contributed by atoms with Crippen LogP contribution in [0.1, 0.15) is 5.69 Å². The van der Waals surface area contributed by atoms with Gasteiger partial charge < -0.3 is 19.3 Å². The summed E-state index contributed by atoms with van der Waals surface area (Å²) in [5.74, 6) is 1.45. The first-order valence-electron chi connectivity index (χ1n) is 10.0. The second-order valence-corrected chi connectivity index (χ2v) is 8.53. The monoisotopic (exact) mass is 457 g/mol. The van der Waals surface area contributed by atoms with Gasteiger partial charge >= 0.3 is 0 Å². The third-order valence-electron chi connectivity index (χ3n) is 5.34. The van der Waals surface area contributed by atoms with Gasteiger partial charge in [0, 0.05) is 47.8 Å². The highest BCUT2D eigenvalue weighted by molar-refractivity contribution is 7.13. The maximum Gasteiger partial charge on any atom is 0.228 e. The molecular weight excluding hydrogens is 434 g/mol. The van der Waals surface area contributed by atoms with Crippen LogP contribution in [0.5, 0.6) is 11.5 Å². The predicted molar refractivity (Wildman–Crippen MR) is 125 cm³/mol. The summed E-state index contributed by atoms with van der Waals surface area (Å²) in [6, 6.07) is 13.5. The Hall–Kier alpha value is -2.77. The molecule has 1 aromatic heterocycles. The third kappa shape index (κ3) is 4.94. The molecule has 8 heteroatoms. The molecule has 3 aromatic rings. The number of carbonyl (C=O) groups is 1. The van der Waals surface area contributed by atoms with Crippen LogP contribution in [0.3, 0.4) is 0 Å². The van der Waals surface area contributed by atoms with Gasteiger partial charge in [0.1, 0.15) is 5.01 Å². The average molecular weight is 458 g/mol. The lowest BCUT2D eigenvalue weighted by atomic mass is 10.2. The van der Waals surface area contributed by atoms with E-state index >= 15 is 0 Å². The zero-order chi connectivity index (χ0) is 21.8. The Bertz CT molecular complexity index is 1050. The molecule has 0 N–H and O–H groups in total. The average Bonchev–Trinajstić information content (AvgIpc) is 3.27. The van der Waals surface area contributed by atoms with Crippen molar-refractivity contribution >= 4 is 34.5 Å². The van der Waals surface area contributed by atoms with Crippen LogP contribution >= 0.6 is 22.9 Å². The SMILES string of the molecule is COc1ccc(-c2nc(CC(=O)N3CCN(c4ccc(Cl)cc4)CC3)cs2)cc1OC. The van der Waals surface area contributed by atoms with E-state index in [1.165, 1.54) is 11.3 Å². The Morgan fingerprint density at radius 1 is 1.03 bits per heavy atom. The first kappa shape index (κ1) is 21.5. The van der Waals surface area contributed by atoms with Gasteiger partial charge in [-0.1, -0.05) is 11.6 Å². The van der Waals surface area contributed by atoms with Gasteiger partial charge in [-0.25, -0.2) is 4.98 Å². The molecule has 6 nitrogen and oxygen atoms in total. The van der Waals surface area contributed by atoms with Gasteiger partial charge in [-0.2, -0.15) is 0 Å². The Morgan fingerprint density at radius 2 is 1.74 bits per heavy atom. The molecule has 1 amide bonds. The molecule has 31 heavy (non-hydrogen) atoms. The number of amides is 1. The number of hydrogen-bond donors (Lipinski definition) is 0. The fraction of sp³-hybridized carbons (Fsp3) is 0.304. The van der Waals surface area contributed by atoms with E-state index in [4.69, 9.17) is 21.1 Å². The summed E-state index contributed by atoms with van der Waals surface area (Å²) in [5, 5.41) is 3.54. The number of rotatable bonds is 6. The van der Waals surface area contributed by atoms with Crippen molar-refractivity contribution in [1.29, 1.82) is 0 Å². The largest absolute Gasteiger partial charge is 0.493 e. The first-order chi connectivity index (χ1) is 15.1. The topological polar surface area (TPSA) is 54.9 Å². The molecular formula is C23H24ClN3O3S. The lowest BCUT2D eigenvalue weighted by Gasteiger charge is -2.36. The normalized spacial score (nSPS) is 13.9. The molecule has 1 aliphatic rings. The van der Waals surface area contributed by atoms with Gasteiger partial charge in [-0.05, 0) is 42.5 Å². The fourth-order valence-corrected chi connectivity index (χ4v) is 4.57. The van der Waals surface area contributed by atoms with Gasteiger partial charge in [0.25, 0.3) is 0 Å². The van der Waals surface area contributed by atoms with Crippen LogP contribution in [0.25, 0.3) is 10.6 Å². The number of ether oxygens (including phenoxy) is 2. The number of carbonyl (C=O) groups excluding carboxylic acids is 1. The molecule has 0 unspecified atom stereocenters. The summed E-state index contributed by atoms with van der Waals surface area (Å²) < 4.78 is 10.7. The lowest BCUT2D eigenvalue weighted by molar-refractivity contribution is -0.130. The van der Waals surface area contributed by atoms with Gasteiger partial charge in [-0.3, -0.25) is 4.79 Å². The Labute approximate surface area is 191 Å². The molecule has 0 spiro atoms. The maximum absolute atomic E-state index is 12.8. The molecule has 0 radical (unpaired) electrons. The van der Waals surface area contributed by atoms with Crippen molar-refractivity contribution in [2.24, 2.45) is 0 Å². The molecule has 162 valence electrons. The van der Waals surface area contributed by atoms with E-state index in [2.05, 4.69) is 9.88 Å². The third-order valence-corrected chi connectivity index (χ3v) is 6.53. The molecule has 0 aliphatic carbocycles. The van der Waals surface area contributed by atoms with E-state index in [-0.39, 0.29) is 5.91 Å². The fourth-order valence-electron chi connectivity index (χ4n) is 3.62. The molecule has 4 rings (SSSR count). The standard InChI is InChI=1S/C23H24ClN3O3S/c1-29-20-8-3-16(13-21(20)30-2)23-25-18(15-31-23)14-22(28)27-11-9-26(10-12-27)19-6-4-17(24)5-7-19/h3-8,13,15H,9-12,14H2,1-2H3. The molecule has 0 atom stereocenters. The number of thiazole rings is 1. The Morgan fingerprint density at radius 3 is 2.42 bits per heavy atom. The smallest absolute Gasteiger partial charge is 0.228 e. The first-order valence-corrected chi connectivity index (χ1v) is 11.3. The summed E-state index contributed by atoms with van der Waals surface area (Å²) in [4.78, 5) is 21.7. The maximum atomic E-state index is 12.8. The van der Waals surface area contributed by atoms with Crippen LogP contribution in [-0.2, 0) is 11.2 Å². The number of halogens is 1. The van der Waals surface area contributed by atoms with E-state index in [1.807, 2.05) is 52.7 Å². The molecule has 1 aliphatic heterocycles. The minimum absolute atomic E-state index is 0.111. The van der Waals surface area contributed by atoms with Crippen molar-refractivity contribution in [2.75, 3.05) is 45.3 Å². The Balaban J connectivity index is 1.36. The second kappa shape index (κ2) is 9.58. The van der Waals surface area contributed by atoms with Gasteiger partial charge in [0.05, 0.1) is 26.3 Å². The van der Waals surface area contributed by atoms with Crippen LogP contribution in [-0.4, -0.2) is 56.2 Å². The highest BCUT2D eigenvalue weighted by Crippen LogP contribution is 2.33. The molecule has 1 saturated heterocycles. The van der Waals surface area contributed by atoms with Gasteiger partial charge in [0.2, 0.25) is 5.91 Å². The summed E-state index contributed by atoms with van der Waals surface area (Å²) in [7, 11) is 3.22. The Kier molecular flexibility index (Phi) is 6.63. The zero-order valence-corrected chi connectivity index (χ0v) is 19.1. The predicted octanol–water partition coefficient (Wildman–Crippen LogP) is 4.37. The highest BCUT2D eigenvalue weighted by Gasteiger charge is 2.22. The zero-order valence-electron chi connectivity index (χ0n) is 17.5. The number of nitrogens with zero attached hydrogens (tertiary/aromatic N) is 3. The number of anilines is 1. The van der Waals surface area contributed by atoms with Crippen LogP contribution in [0.15, 0.2) is 47.8 Å². The number of piperazine rings is 1. The van der Waals surface area contributed by atoms with Gasteiger partial charge in [0.15, 0.2) is 11.5 Å². The molecule has 0 bridgehead atoms. The van der Waals surface area contributed by atoms with Crippen LogP contribution in [0.2, 0.25) is 5.02 Å². The van der Waals surface area contributed by atoms with Crippen LogP contribution in [0, 0.1) is 0 Å². The van der Waals surface area contributed by atoms with Crippen molar-refractivity contribution in [3.8, 4) is 22.1 Å². The highest BCUT2D eigenvalue weighted by atomic mass is 35.5. The molecule has 1 fully saturated rings. The van der Waals surface area contributed by atoms with Crippen LogP contribution in [0.4, 0.5) is 5.69 Å². The number of benzene rings is 2. The minimum atomic E-state index is 0.111. The van der Waals surface area contributed by atoms with E-state index < -0.39 is 0 Å². The lowest BCUT2D eigenvalue weighted by Crippen LogP contribution is -2.49. The summed E-state index contributed by atoms with van der Waals surface area (Å²) in [5.41, 5.74) is 2.87. The summed E-state index contributed by atoms with van der Waals surface area (Å²) in [6.45, 7) is 3.02. The van der Waals surface area contributed by atoms with E-state index in [1.54, 1.807) is 14.2 Å². The van der Waals surface area contributed by atoms with Crippen molar-refractivity contribution in [3.63, 3.8) is 0 Å². The second-order valence-electron chi connectivity index (χ2n) is 7.23. The minimum Gasteiger partial charge on any atom is -0.493 e.